The van der Waals surface area contributed by atoms with Crippen molar-refractivity contribution in [2.45, 2.75) is 19.9 Å². The lowest BCUT2D eigenvalue weighted by molar-refractivity contribution is -0.128. The molecule has 0 aliphatic carbocycles. The summed E-state index contributed by atoms with van der Waals surface area (Å²) in [6.45, 7) is 7.09. The van der Waals surface area contributed by atoms with Crippen LogP contribution in [0.25, 0.3) is 6.08 Å². The highest BCUT2D eigenvalue weighted by Crippen LogP contribution is 2.05. The first-order valence-corrected chi connectivity index (χ1v) is 8.08. The smallest absolute Gasteiger partial charge is 0.246 e. The minimum atomic E-state index is 0.0279. The molecule has 0 unspecified atom stereocenters. The second-order valence-electron chi connectivity index (χ2n) is 6.07. The molecule has 1 aliphatic rings. The fourth-order valence-electron chi connectivity index (χ4n) is 2.53. The van der Waals surface area contributed by atoms with Gasteiger partial charge in [-0.15, -0.1) is 0 Å². The van der Waals surface area contributed by atoms with E-state index >= 15 is 0 Å². The Kier molecular flexibility index (Phi) is 6.35. The number of amides is 2. The van der Waals surface area contributed by atoms with Crippen LogP contribution in [0.3, 0.4) is 0 Å². The molecule has 0 bridgehead atoms. The highest BCUT2D eigenvalue weighted by atomic mass is 16.2. The van der Waals surface area contributed by atoms with E-state index in [9.17, 15) is 9.59 Å². The molecule has 0 aromatic heterocycles. The van der Waals surface area contributed by atoms with Crippen LogP contribution in [0.2, 0.25) is 0 Å². The molecular weight excluding hydrogens is 290 g/mol. The van der Waals surface area contributed by atoms with Crippen molar-refractivity contribution < 1.29 is 9.59 Å². The van der Waals surface area contributed by atoms with Crippen LogP contribution in [0.4, 0.5) is 0 Å². The van der Waals surface area contributed by atoms with Crippen molar-refractivity contribution in [3.8, 4) is 0 Å². The molecule has 124 valence electrons. The number of hydrogen-bond acceptors (Lipinski definition) is 3. The highest BCUT2D eigenvalue weighted by molar-refractivity contribution is 5.91. The fraction of sp³-hybridized carbons (Fsp3) is 0.444. The lowest BCUT2D eigenvalue weighted by Gasteiger charge is -2.33. The Morgan fingerprint density at radius 3 is 2.39 bits per heavy atom. The summed E-state index contributed by atoms with van der Waals surface area (Å²) in [6, 6.07) is 9.95. The third kappa shape index (κ3) is 5.87. The Morgan fingerprint density at radius 1 is 1.13 bits per heavy atom. The van der Waals surface area contributed by atoms with Crippen LogP contribution in [0.1, 0.15) is 19.4 Å². The molecule has 1 fully saturated rings. The predicted molar refractivity (Wildman–Crippen MR) is 91.8 cm³/mol. The lowest BCUT2D eigenvalue weighted by atomic mass is 10.2. The molecule has 5 heteroatoms. The minimum absolute atomic E-state index is 0.0279. The zero-order valence-electron chi connectivity index (χ0n) is 13.9. The van der Waals surface area contributed by atoms with Crippen molar-refractivity contribution >= 4 is 17.9 Å². The van der Waals surface area contributed by atoms with Crippen LogP contribution < -0.4 is 5.32 Å². The molecule has 0 atom stereocenters. The van der Waals surface area contributed by atoms with Crippen LogP contribution >= 0.6 is 0 Å². The molecule has 1 aromatic rings. The molecule has 2 amide bonds. The Balaban J connectivity index is 1.76. The van der Waals surface area contributed by atoms with Crippen LogP contribution in [0, 0.1) is 0 Å². The molecule has 1 N–H and O–H groups in total. The van der Waals surface area contributed by atoms with Crippen LogP contribution in [-0.2, 0) is 9.59 Å². The molecule has 1 saturated heterocycles. The highest BCUT2D eigenvalue weighted by Gasteiger charge is 2.21. The molecule has 1 heterocycles. The van der Waals surface area contributed by atoms with Gasteiger partial charge in [0, 0.05) is 38.3 Å². The number of carbonyl (C=O) groups excluding carboxylic acids is 2. The third-order valence-electron chi connectivity index (χ3n) is 3.72. The maximum Gasteiger partial charge on any atom is 0.246 e. The second-order valence-corrected chi connectivity index (χ2v) is 6.07. The number of piperazine rings is 1. The van der Waals surface area contributed by atoms with E-state index in [2.05, 4.69) is 10.2 Å². The number of nitrogens with zero attached hydrogens (tertiary/aromatic N) is 2. The van der Waals surface area contributed by atoms with Crippen molar-refractivity contribution in [2.24, 2.45) is 0 Å². The van der Waals surface area contributed by atoms with Gasteiger partial charge in [0.05, 0.1) is 6.54 Å². The topological polar surface area (TPSA) is 52.7 Å². The van der Waals surface area contributed by atoms with Crippen molar-refractivity contribution in [1.29, 1.82) is 0 Å². The quantitative estimate of drug-likeness (QED) is 0.835. The molecule has 0 saturated carbocycles. The largest absolute Gasteiger partial charge is 0.353 e. The summed E-state index contributed by atoms with van der Waals surface area (Å²) >= 11 is 0. The molecule has 23 heavy (non-hydrogen) atoms. The lowest BCUT2D eigenvalue weighted by Crippen LogP contribution is -2.51. The summed E-state index contributed by atoms with van der Waals surface area (Å²) in [5.41, 5.74) is 1.02. The number of hydrogen-bond donors (Lipinski definition) is 1. The molecule has 5 nitrogen and oxygen atoms in total. The van der Waals surface area contributed by atoms with Crippen LogP contribution in [-0.4, -0.2) is 60.4 Å². The fourth-order valence-corrected chi connectivity index (χ4v) is 2.53. The van der Waals surface area contributed by atoms with Gasteiger partial charge in [-0.1, -0.05) is 30.3 Å². The maximum atomic E-state index is 12.2. The van der Waals surface area contributed by atoms with E-state index in [0.717, 1.165) is 18.7 Å². The molecule has 2 rings (SSSR count). The maximum absolute atomic E-state index is 12.2. The monoisotopic (exact) mass is 315 g/mol. The van der Waals surface area contributed by atoms with Gasteiger partial charge in [-0.3, -0.25) is 14.5 Å². The van der Waals surface area contributed by atoms with Crippen molar-refractivity contribution in [3.05, 3.63) is 42.0 Å². The summed E-state index contributed by atoms with van der Waals surface area (Å²) < 4.78 is 0. The first kappa shape index (κ1) is 17.2. The second kappa shape index (κ2) is 8.48. The van der Waals surface area contributed by atoms with Gasteiger partial charge in [0.2, 0.25) is 11.8 Å². The van der Waals surface area contributed by atoms with E-state index in [1.165, 1.54) is 0 Å². The predicted octanol–water partition coefficient (Wildman–Crippen LogP) is 1.37. The number of benzene rings is 1. The first-order chi connectivity index (χ1) is 11.0. The van der Waals surface area contributed by atoms with Gasteiger partial charge in [0.25, 0.3) is 0 Å². The zero-order valence-corrected chi connectivity index (χ0v) is 13.9. The zero-order chi connectivity index (χ0) is 16.7. The SMILES string of the molecule is CC(C)NC(=O)CN1CCN(C(=O)/C=C/c2ccccc2)CC1. The standard InChI is InChI=1S/C18H25N3O2/c1-15(2)19-17(22)14-20-10-12-21(13-11-20)18(23)9-8-16-6-4-3-5-7-16/h3-9,15H,10-14H2,1-2H3,(H,19,22)/b9-8+. The summed E-state index contributed by atoms with van der Waals surface area (Å²) in [5.74, 6) is 0.0730. The van der Waals surface area contributed by atoms with Gasteiger partial charge in [-0.25, -0.2) is 0 Å². The molecular formula is C18H25N3O2. The first-order valence-electron chi connectivity index (χ1n) is 8.08. The third-order valence-corrected chi connectivity index (χ3v) is 3.72. The van der Waals surface area contributed by atoms with Gasteiger partial charge >= 0.3 is 0 Å². The van der Waals surface area contributed by atoms with E-state index in [0.29, 0.717) is 19.6 Å². The van der Waals surface area contributed by atoms with E-state index in [1.54, 1.807) is 6.08 Å². The average Bonchev–Trinajstić information content (AvgIpc) is 2.53. The van der Waals surface area contributed by atoms with Crippen LogP contribution in [0.15, 0.2) is 36.4 Å². The van der Waals surface area contributed by atoms with Gasteiger partial charge in [-0.05, 0) is 25.5 Å². The molecule has 1 aliphatic heterocycles. The summed E-state index contributed by atoms with van der Waals surface area (Å²) in [4.78, 5) is 27.9. The van der Waals surface area contributed by atoms with Gasteiger partial charge in [0.15, 0.2) is 0 Å². The Hall–Kier alpha value is -2.14. The Labute approximate surface area is 138 Å². The Morgan fingerprint density at radius 2 is 1.78 bits per heavy atom. The van der Waals surface area contributed by atoms with E-state index in [1.807, 2.05) is 55.2 Å². The van der Waals surface area contributed by atoms with Crippen molar-refractivity contribution in [3.63, 3.8) is 0 Å². The van der Waals surface area contributed by atoms with Gasteiger partial charge < -0.3 is 10.2 Å². The molecule has 0 spiro atoms. The van der Waals surface area contributed by atoms with E-state index < -0.39 is 0 Å². The Bertz CT molecular complexity index is 547. The summed E-state index contributed by atoms with van der Waals surface area (Å²) in [5, 5.41) is 2.89. The van der Waals surface area contributed by atoms with E-state index in [-0.39, 0.29) is 17.9 Å². The molecule has 0 radical (unpaired) electrons. The van der Waals surface area contributed by atoms with Crippen molar-refractivity contribution in [2.75, 3.05) is 32.7 Å². The van der Waals surface area contributed by atoms with Crippen LogP contribution in [0.5, 0.6) is 0 Å². The number of carbonyl (C=O) groups is 2. The van der Waals surface area contributed by atoms with Gasteiger partial charge in [0.1, 0.15) is 0 Å². The van der Waals surface area contributed by atoms with Crippen molar-refractivity contribution in [1.82, 2.24) is 15.1 Å². The minimum Gasteiger partial charge on any atom is -0.353 e. The van der Waals surface area contributed by atoms with E-state index in [4.69, 9.17) is 0 Å². The summed E-state index contributed by atoms with van der Waals surface area (Å²) in [6.07, 6.45) is 3.46. The normalized spacial score (nSPS) is 16.0. The number of rotatable bonds is 5. The number of nitrogens with one attached hydrogen (secondary N) is 1. The summed E-state index contributed by atoms with van der Waals surface area (Å²) in [7, 11) is 0. The molecule has 1 aromatic carbocycles. The van der Waals surface area contributed by atoms with Gasteiger partial charge in [-0.2, -0.15) is 0 Å². The average molecular weight is 315 g/mol.